The lowest BCUT2D eigenvalue weighted by atomic mass is 9.68. The van der Waals surface area contributed by atoms with E-state index >= 15 is 0 Å². The number of fused-ring (bicyclic) bond motifs is 1. The van der Waals surface area contributed by atoms with Crippen LogP contribution in [-0.4, -0.2) is 16.0 Å². The number of nitrogens with zero attached hydrogens (tertiary/aromatic N) is 1. The minimum Gasteiger partial charge on any atom is -0.342 e. The highest BCUT2D eigenvalue weighted by Gasteiger charge is 2.50. The molecule has 2 N–H and O–H groups in total. The van der Waals surface area contributed by atoms with Gasteiger partial charge in [0.25, 0.3) is 0 Å². The maximum absolute atomic E-state index is 14.9. The quantitative estimate of drug-likeness (QED) is 0.545. The molecular weight excluding hydrogens is 431 g/mol. The number of allylic oxidation sites excluding steroid dienone is 2. The lowest BCUT2D eigenvalue weighted by Crippen LogP contribution is -2.35. The minimum absolute atomic E-state index is 0.103. The van der Waals surface area contributed by atoms with E-state index in [1.54, 1.807) is 18.9 Å². The average molecular weight is 447 g/mol. The first-order chi connectivity index (χ1) is 14.2. The van der Waals surface area contributed by atoms with Crippen molar-refractivity contribution in [3.8, 4) is 0 Å². The zero-order chi connectivity index (χ0) is 22.9. The minimum atomic E-state index is -5.05. The Hall–Kier alpha value is -2.85. The van der Waals surface area contributed by atoms with Gasteiger partial charge in [-0.05, 0) is 24.0 Å². The molecule has 4 rings (SSSR count). The highest BCUT2D eigenvalue weighted by molar-refractivity contribution is 6.01. The second-order valence-corrected chi connectivity index (χ2v) is 8.45. The number of halogens is 7. The number of H-pyrrole nitrogens is 1. The SMILES string of the molecule is CC1(C)CC(=O)C2=C(C1)Nc1n[nH]c(C(F)(F)F)c1C2c1c(F)cccc1C(F)(F)F. The Morgan fingerprint density at radius 2 is 1.71 bits per heavy atom. The standard InChI is InChI=1S/C20H16F7N3O/c1-18(2)6-10-13(11(31)7-18)14(12-8(19(22,23)24)4-3-5-9(12)21)15-16(20(25,26)27)29-30-17(15)28-10/h3-5,14H,6-7H2,1-2H3,(H2,28,29,30). The summed E-state index contributed by atoms with van der Waals surface area (Å²) in [5, 5.41) is 8.05. The van der Waals surface area contributed by atoms with Gasteiger partial charge >= 0.3 is 12.4 Å². The van der Waals surface area contributed by atoms with Crippen molar-refractivity contribution in [2.75, 3.05) is 5.32 Å². The molecular formula is C20H16F7N3O. The van der Waals surface area contributed by atoms with Crippen molar-refractivity contribution < 1.29 is 35.5 Å². The van der Waals surface area contributed by atoms with Gasteiger partial charge in [0.2, 0.25) is 0 Å². The summed E-state index contributed by atoms with van der Waals surface area (Å²) in [6, 6.07) is 2.15. The van der Waals surface area contributed by atoms with E-state index in [9.17, 15) is 35.5 Å². The zero-order valence-corrected chi connectivity index (χ0v) is 16.2. The zero-order valence-electron chi connectivity index (χ0n) is 16.2. The normalized spacial score (nSPS) is 20.9. The molecule has 0 saturated heterocycles. The van der Waals surface area contributed by atoms with Crippen LogP contribution in [0, 0.1) is 11.2 Å². The number of hydrogen-bond donors (Lipinski definition) is 2. The van der Waals surface area contributed by atoms with Crippen molar-refractivity contribution in [3.63, 3.8) is 0 Å². The fourth-order valence-corrected chi connectivity index (χ4v) is 4.38. The number of nitrogens with one attached hydrogen (secondary N) is 2. The smallest absolute Gasteiger partial charge is 0.342 e. The number of benzene rings is 1. The second kappa shape index (κ2) is 6.57. The van der Waals surface area contributed by atoms with E-state index in [1.165, 1.54) is 0 Å². The van der Waals surface area contributed by atoms with Gasteiger partial charge in [0.15, 0.2) is 11.6 Å². The van der Waals surface area contributed by atoms with Gasteiger partial charge in [0, 0.05) is 34.7 Å². The molecule has 1 aliphatic heterocycles. The Morgan fingerprint density at radius 3 is 2.32 bits per heavy atom. The summed E-state index contributed by atoms with van der Waals surface area (Å²) >= 11 is 0. The Kier molecular flexibility index (Phi) is 4.53. The largest absolute Gasteiger partial charge is 0.433 e. The molecule has 1 unspecified atom stereocenters. The molecule has 11 heteroatoms. The summed E-state index contributed by atoms with van der Waals surface area (Å²) in [5.41, 5.74) is -5.36. The molecule has 2 aliphatic rings. The Labute approximate surface area is 171 Å². The number of carbonyl (C=O) groups excluding carboxylic acids is 1. The highest BCUT2D eigenvalue weighted by atomic mass is 19.4. The third kappa shape index (κ3) is 3.49. The molecule has 1 aromatic heterocycles. The molecule has 0 spiro atoms. The van der Waals surface area contributed by atoms with Gasteiger partial charge in [-0.3, -0.25) is 9.89 Å². The third-order valence-electron chi connectivity index (χ3n) is 5.50. The third-order valence-corrected chi connectivity index (χ3v) is 5.50. The fourth-order valence-electron chi connectivity index (χ4n) is 4.38. The lowest BCUT2D eigenvalue weighted by Gasteiger charge is -2.38. The van der Waals surface area contributed by atoms with E-state index in [0.717, 1.165) is 12.1 Å². The first-order valence-electron chi connectivity index (χ1n) is 9.25. The summed E-state index contributed by atoms with van der Waals surface area (Å²) in [5.74, 6) is -4.28. The van der Waals surface area contributed by atoms with E-state index in [-0.39, 0.29) is 29.9 Å². The van der Waals surface area contributed by atoms with Crippen molar-refractivity contribution in [3.05, 3.63) is 57.7 Å². The molecule has 0 bridgehead atoms. The number of ketones is 1. The summed E-state index contributed by atoms with van der Waals surface area (Å²) in [6.45, 7) is 3.49. The molecule has 0 amide bonds. The Morgan fingerprint density at radius 1 is 1.03 bits per heavy atom. The van der Waals surface area contributed by atoms with Crippen LogP contribution >= 0.6 is 0 Å². The molecule has 1 aromatic carbocycles. The van der Waals surface area contributed by atoms with Crippen LogP contribution in [-0.2, 0) is 17.1 Å². The number of hydrogen-bond acceptors (Lipinski definition) is 3. The molecule has 2 heterocycles. The van der Waals surface area contributed by atoms with Gasteiger partial charge in [0.05, 0.1) is 5.56 Å². The van der Waals surface area contributed by atoms with E-state index < -0.39 is 57.7 Å². The average Bonchev–Trinajstić information content (AvgIpc) is 3.02. The molecule has 4 nitrogen and oxygen atoms in total. The first-order valence-corrected chi connectivity index (χ1v) is 9.25. The number of Topliss-reactive ketones (excluding diaryl/α,β-unsaturated/α-hetero) is 1. The Balaban J connectivity index is 2.08. The topological polar surface area (TPSA) is 57.8 Å². The molecule has 1 aliphatic carbocycles. The monoisotopic (exact) mass is 447 g/mol. The number of rotatable bonds is 1. The summed E-state index contributed by atoms with van der Waals surface area (Å²) in [4.78, 5) is 13.0. The lowest BCUT2D eigenvalue weighted by molar-refractivity contribution is -0.142. The van der Waals surface area contributed by atoms with Gasteiger partial charge in [-0.15, -0.1) is 0 Å². The van der Waals surface area contributed by atoms with Crippen LogP contribution in [0.4, 0.5) is 36.6 Å². The Bertz CT molecular complexity index is 1110. The molecule has 1 atom stereocenters. The number of aromatic amines is 1. The second-order valence-electron chi connectivity index (χ2n) is 8.45. The molecule has 0 fully saturated rings. The van der Waals surface area contributed by atoms with Crippen LogP contribution in [0.25, 0.3) is 0 Å². The van der Waals surface area contributed by atoms with Crippen molar-refractivity contribution >= 4 is 11.6 Å². The van der Waals surface area contributed by atoms with E-state index in [0.29, 0.717) is 6.07 Å². The van der Waals surface area contributed by atoms with E-state index in [4.69, 9.17) is 0 Å². The predicted octanol–water partition coefficient (Wildman–Crippen LogP) is 5.79. The molecule has 166 valence electrons. The van der Waals surface area contributed by atoms with Crippen molar-refractivity contribution in [2.24, 2.45) is 5.41 Å². The summed E-state index contributed by atoms with van der Waals surface area (Å²) in [6.07, 6.45) is -10.00. The maximum atomic E-state index is 14.9. The van der Waals surface area contributed by atoms with Crippen molar-refractivity contribution in [2.45, 2.75) is 45.0 Å². The number of anilines is 1. The van der Waals surface area contributed by atoms with Crippen LogP contribution in [0.3, 0.4) is 0 Å². The van der Waals surface area contributed by atoms with Crippen LogP contribution in [0.1, 0.15) is 55.0 Å². The first kappa shape index (κ1) is 21.4. The van der Waals surface area contributed by atoms with Gasteiger partial charge < -0.3 is 5.32 Å². The van der Waals surface area contributed by atoms with Crippen molar-refractivity contribution in [1.82, 2.24) is 10.2 Å². The molecule has 0 saturated carbocycles. The summed E-state index contributed by atoms with van der Waals surface area (Å²) in [7, 11) is 0. The fraction of sp³-hybridized carbons (Fsp3) is 0.400. The van der Waals surface area contributed by atoms with E-state index in [2.05, 4.69) is 10.4 Å². The number of alkyl halides is 6. The van der Waals surface area contributed by atoms with Crippen LogP contribution in [0.5, 0.6) is 0 Å². The van der Waals surface area contributed by atoms with Gasteiger partial charge in [-0.2, -0.15) is 31.4 Å². The van der Waals surface area contributed by atoms with Crippen LogP contribution in [0.2, 0.25) is 0 Å². The van der Waals surface area contributed by atoms with Gasteiger partial charge in [-0.25, -0.2) is 4.39 Å². The summed E-state index contributed by atoms with van der Waals surface area (Å²) < 4.78 is 97.1. The molecule has 2 aromatic rings. The van der Waals surface area contributed by atoms with Crippen LogP contribution < -0.4 is 5.32 Å². The maximum Gasteiger partial charge on any atom is 0.433 e. The predicted molar refractivity (Wildman–Crippen MR) is 95.5 cm³/mol. The molecule has 31 heavy (non-hydrogen) atoms. The van der Waals surface area contributed by atoms with E-state index in [1.807, 2.05) is 0 Å². The van der Waals surface area contributed by atoms with Gasteiger partial charge in [0.1, 0.15) is 11.5 Å². The number of carbonyl (C=O) groups is 1. The molecule has 0 radical (unpaired) electrons. The highest BCUT2D eigenvalue weighted by Crippen LogP contribution is 2.53. The van der Waals surface area contributed by atoms with Gasteiger partial charge in [-0.1, -0.05) is 19.9 Å². The van der Waals surface area contributed by atoms with Crippen molar-refractivity contribution in [1.29, 1.82) is 0 Å². The van der Waals surface area contributed by atoms with Crippen LogP contribution in [0.15, 0.2) is 29.5 Å². The number of aromatic nitrogens is 2.